The average Bonchev–Trinajstić information content (AvgIpc) is 2.69. The molecular formula is C21H23N3O2S. The molecule has 2 heterocycles. The number of aryl methyl sites for hydroxylation is 1. The van der Waals surface area contributed by atoms with Gasteiger partial charge in [0.2, 0.25) is 0 Å². The first kappa shape index (κ1) is 18.1. The number of ether oxygens (including phenoxy) is 1. The fraction of sp³-hybridized carbons (Fsp3) is 0.333. The number of aromatic amines is 1. The Kier molecular flexibility index (Phi) is 5.20. The molecule has 1 aromatic heterocycles. The number of hydrogen-bond acceptors (Lipinski definition) is 4. The summed E-state index contributed by atoms with van der Waals surface area (Å²) < 4.78 is 7.67. The van der Waals surface area contributed by atoms with Crippen LogP contribution in [-0.2, 0) is 4.74 Å². The Balaban J connectivity index is 1.85. The molecule has 1 N–H and O–H groups in total. The van der Waals surface area contributed by atoms with Gasteiger partial charge in [0.15, 0.2) is 4.77 Å². The highest BCUT2D eigenvalue weighted by Crippen LogP contribution is 2.21. The van der Waals surface area contributed by atoms with Gasteiger partial charge in [0.1, 0.15) is 0 Å². The molecule has 2 aromatic carbocycles. The lowest BCUT2D eigenvalue weighted by molar-refractivity contribution is 0.0334. The maximum atomic E-state index is 13.3. The fourth-order valence-corrected chi connectivity index (χ4v) is 3.93. The van der Waals surface area contributed by atoms with Gasteiger partial charge in [-0.3, -0.25) is 14.3 Å². The van der Waals surface area contributed by atoms with Crippen LogP contribution in [0.25, 0.3) is 10.9 Å². The van der Waals surface area contributed by atoms with Crippen LogP contribution in [-0.4, -0.2) is 47.3 Å². The summed E-state index contributed by atoms with van der Waals surface area (Å²) in [6.07, 6.45) is 0. The minimum atomic E-state index is -0.149. The lowest BCUT2D eigenvalue weighted by Crippen LogP contribution is -2.42. The van der Waals surface area contributed by atoms with Crippen molar-refractivity contribution in [2.24, 2.45) is 0 Å². The fourth-order valence-electron chi connectivity index (χ4n) is 3.61. The van der Waals surface area contributed by atoms with E-state index in [0.29, 0.717) is 10.2 Å². The number of fused-ring (bicyclic) bond motifs is 1. The van der Waals surface area contributed by atoms with Crippen molar-refractivity contribution in [1.82, 2.24) is 14.5 Å². The van der Waals surface area contributed by atoms with E-state index < -0.39 is 0 Å². The van der Waals surface area contributed by atoms with Crippen molar-refractivity contribution in [2.45, 2.75) is 13.0 Å². The van der Waals surface area contributed by atoms with E-state index in [9.17, 15) is 4.79 Å². The van der Waals surface area contributed by atoms with Crippen LogP contribution in [0.1, 0.15) is 17.2 Å². The number of para-hydroxylation sites is 1. The highest BCUT2D eigenvalue weighted by Gasteiger charge is 2.22. The molecule has 1 aliphatic rings. The third-order valence-electron chi connectivity index (χ3n) is 5.15. The van der Waals surface area contributed by atoms with Crippen LogP contribution in [0.4, 0.5) is 0 Å². The zero-order valence-corrected chi connectivity index (χ0v) is 16.2. The standard InChI is InChI=1S/C21H23N3O2S/c1-15-6-8-16(9-7-15)19(14-23-10-12-26-13-11-23)24-20(25)17-4-2-3-5-18(17)22-21(24)27/h2-9,19H,10-14H2,1H3,(H,22,27)/t19-/m0/s1. The summed E-state index contributed by atoms with van der Waals surface area (Å²) in [5.41, 5.74) is 3.01. The Morgan fingerprint density at radius 1 is 1.11 bits per heavy atom. The highest BCUT2D eigenvalue weighted by atomic mass is 32.1. The largest absolute Gasteiger partial charge is 0.379 e. The van der Waals surface area contributed by atoms with Gasteiger partial charge >= 0.3 is 0 Å². The third-order valence-corrected chi connectivity index (χ3v) is 5.44. The number of H-pyrrole nitrogens is 1. The Labute approximate surface area is 163 Å². The maximum absolute atomic E-state index is 13.3. The summed E-state index contributed by atoms with van der Waals surface area (Å²) in [5.74, 6) is 0. The SMILES string of the molecule is Cc1ccc([C@H](CN2CCOCC2)n2c(=S)[nH]c3ccccc3c2=O)cc1. The van der Waals surface area contributed by atoms with E-state index in [4.69, 9.17) is 17.0 Å². The van der Waals surface area contributed by atoms with Gasteiger partial charge in [-0.05, 0) is 36.8 Å². The quantitative estimate of drug-likeness (QED) is 0.705. The van der Waals surface area contributed by atoms with Gasteiger partial charge in [-0.15, -0.1) is 0 Å². The molecule has 0 unspecified atom stereocenters. The van der Waals surface area contributed by atoms with Crippen molar-refractivity contribution < 1.29 is 4.74 Å². The second kappa shape index (κ2) is 7.76. The number of benzene rings is 2. The van der Waals surface area contributed by atoms with Crippen LogP contribution < -0.4 is 5.56 Å². The van der Waals surface area contributed by atoms with Gasteiger partial charge in [-0.1, -0.05) is 42.0 Å². The molecule has 1 fully saturated rings. The molecule has 0 aliphatic carbocycles. The predicted octanol–water partition coefficient (Wildman–Crippen LogP) is 3.29. The van der Waals surface area contributed by atoms with Crippen LogP contribution in [0, 0.1) is 11.7 Å². The van der Waals surface area contributed by atoms with Crippen molar-refractivity contribution in [2.75, 3.05) is 32.8 Å². The number of hydrogen-bond donors (Lipinski definition) is 1. The molecular weight excluding hydrogens is 358 g/mol. The van der Waals surface area contributed by atoms with Crippen LogP contribution in [0.5, 0.6) is 0 Å². The summed E-state index contributed by atoms with van der Waals surface area (Å²) in [6, 6.07) is 15.7. The van der Waals surface area contributed by atoms with Crippen molar-refractivity contribution in [1.29, 1.82) is 0 Å². The molecule has 5 nitrogen and oxygen atoms in total. The summed E-state index contributed by atoms with van der Waals surface area (Å²) in [5, 5.41) is 0.658. The first-order valence-electron chi connectivity index (χ1n) is 9.24. The molecule has 4 rings (SSSR count). The van der Waals surface area contributed by atoms with Crippen LogP contribution in [0.2, 0.25) is 0 Å². The predicted molar refractivity (Wildman–Crippen MR) is 110 cm³/mol. The van der Waals surface area contributed by atoms with Gasteiger partial charge in [-0.2, -0.15) is 0 Å². The topological polar surface area (TPSA) is 50.3 Å². The van der Waals surface area contributed by atoms with Gasteiger partial charge in [0, 0.05) is 19.6 Å². The van der Waals surface area contributed by atoms with Gasteiger partial charge in [0.05, 0.1) is 30.2 Å². The van der Waals surface area contributed by atoms with Crippen LogP contribution in [0.3, 0.4) is 0 Å². The van der Waals surface area contributed by atoms with Gasteiger partial charge < -0.3 is 9.72 Å². The smallest absolute Gasteiger partial charge is 0.262 e. The van der Waals surface area contributed by atoms with E-state index in [0.717, 1.165) is 43.9 Å². The zero-order valence-electron chi connectivity index (χ0n) is 15.4. The Morgan fingerprint density at radius 3 is 2.56 bits per heavy atom. The van der Waals surface area contributed by atoms with Gasteiger partial charge in [0.25, 0.3) is 5.56 Å². The number of nitrogens with one attached hydrogen (secondary N) is 1. The normalized spacial score (nSPS) is 16.5. The Bertz CT molecular complexity index is 1050. The maximum Gasteiger partial charge on any atom is 0.262 e. The van der Waals surface area contributed by atoms with Crippen molar-refractivity contribution in [3.05, 3.63) is 74.8 Å². The molecule has 6 heteroatoms. The Morgan fingerprint density at radius 2 is 1.81 bits per heavy atom. The van der Waals surface area contributed by atoms with Crippen LogP contribution >= 0.6 is 12.2 Å². The Hall–Kier alpha value is -2.28. The molecule has 0 spiro atoms. The molecule has 140 valence electrons. The van der Waals surface area contributed by atoms with E-state index in [1.54, 1.807) is 4.57 Å². The molecule has 1 saturated heterocycles. The van der Waals surface area contributed by atoms with Crippen molar-refractivity contribution in [3.63, 3.8) is 0 Å². The highest BCUT2D eigenvalue weighted by molar-refractivity contribution is 7.71. The summed E-state index contributed by atoms with van der Waals surface area (Å²) in [6.45, 7) is 5.96. The summed E-state index contributed by atoms with van der Waals surface area (Å²) in [4.78, 5) is 18.9. The van der Waals surface area contributed by atoms with Gasteiger partial charge in [-0.25, -0.2) is 0 Å². The van der Waals surface area contributed by atoms with Crippen molar-refractivity contribution >= 4 is 23.1 Å². The minimum Gasteiger partial charge on any atom is -0.379 e. The van der Waals surface area contributed by atoms with E-state index in [1.807, 2.05) is 24.3 Å². The molecule has 0 amide bonds. The number of nitrogens with zero attached hydrogens (tertiary/aromatic N) is 2. The number of morpholine rings is 1. The first-order chi connectivity index (χ1) is 13.1. The zero-order chi connectivity index (χ0) is 18.8. The van der Waals surface area contributed by atoms with Crippen molar-refractivity contribution in [3.8, 4) is 0 Å². The molecule has 0 bridgehead atoms. The molecule has 1 aliphatic heterocycles. The minimum absolute atomic E-state index is 0.0480. The summed E-state index contributed by atoms with van der Waals surface area (Å²) in [7, 11) is 0. The number of rotatable bonds is 4. The lowest BCUT2D eigenvalue weighted by atomic mass is 10.0. The van der Waals surface area contributed by atoms with E-state index in [1.165, 1.54) is 5.56 Å². The molecule has 27 heavy (non-hydrogen) atoms. The monoisotopic (exact) mass is 381 g/mol. The molecule has 3 aromatic rings. The summed E-state index contributed by atoms with van der Waals surface area (Å²) >= 11 is 5.60. The average molecular weight is 382 g/mol. The first-order valence-corrected chi connectivity index (χ1v) is 9.64. The second-order valence-corrected chi connectivity index (χ2v) is 7.38. The lowest BCUT2D eigenvalue weighted by Gasteiger charge is -2.31. The molecule has 1 atom stereocenters. The van der Waals surface area contributed by atoms with E-state index in [2.05, 4.69) is 41.1 Å². The van der Waals surface area contributed by atoms with E-state index >= 15 is 0 Å². The number of aromatic nitrogens is 2. The van der Waals surface area contributed by atoms with E-state index in [-0.39, 0.29) is 11.6 Å². The molecule has 0 saturated carbocycles. The van der Waals surface area contributed by atoms with Crippen LogP contribution in [0.15, 0.2) is 53.3 Å². The third kappa shape index (κ3) is 3.74. The second-order valence-electron chi connectivity index (χ2n) is 6.99. The molecule has 0 radical (unpaired) electrons.